The normalized spacial score (nSPS) is 13.7. The van der Waals surface area contributed by atoms with Crippen LogP contribution < -0.4 is 4.74 Å². The summed E-state index contributed by atoms with van der Waals surface area (Å²) in [6, 6.07) is 5.29. The summed E-state index contributed by atoms with van der Waals surface area (Å²) in [5, 5.41) is 22.8. The van der Waals surface area contributed by atoms with Gasteiger partial charge in [0, 0.05) is 10.6 Å². The molecule has 0 radical (unpaired) electrons. The zero-order chi connectivity index (χ0) is 17.4. The lowest BCUT2D eigenvalue weighted by atomic mass is 9.95. The van der Waals surface area contributed by atoms with Gasteiger partial charge in [-0.15, -0.1) is 10.2 Å². The molecule has 1 heterocycles. The first-order valence-corrected chi connectivity index (χ1v) is 8.76. The zero-order valence-electron chi connectivity index (χ0n) is 14.3. The third-order valence-electron chi connectivity index (χ3n) is 3.87. The molecule has 7 heteroatoms. The number of nitrogens with zero attached hydrogens (tertiary/aromatic N) is 4. The summed E-state index contributed by atoms with van der Waals surface area (Å²) >= 11 is 6.11. The molecule has 2 rings (SSSR count). The molecule has 132 valence electrons. The molecule has 6 nitrogen and oxygen atoms in total. The first-order chi connectivity index (χ1) is 11.5. The largest absolute Gasteiger partial charge is 0.493 e. The number of tetrazole rings is 1. The van der Waals surface area contributed by atoms with E-state index in [0.29, 0.717) is 22.9 Å². The summed E-state index contributed by atoms with van der Waals surface area (Å²) in [6.45, 7) is 4.68. The molecule has 1 aromatic heterocycles. The van der Waals surface area contributed by atoms with Crippen LogP contribution in [0, 0.1) is 0 Å². The minimum absolute atomic E-state index is 0.167. The highest BCUT2D eigenvalue weighted by atomic mass is 35.5. The number of halogens is 1. The van der Waals surface area contributed by atoms with Crippen molar-refractivity contribution in [3.63, 3.8) is 0 Å². The van der Waals surface area contributed by atoms with Crippen molar-refractivity contribution in [2.24, 2.45) is 0 Å². The van der Waals surface area contributed by atoms with Crippen LogP contribution in [0.25, 0.3) is 0 Å². The van der Waals surface area contributed by atoms with Crippen LogP contribution in [0.2, 0.25) is 5.02 Å². The van der Waals surface area contributed by atoms with E-state index in [-0.39, 0.29) is 6.54 Å². The average molecular weight is 353 g/mol. The Morgan fingerprint density at radius 1 is 1.25 bits per heavy atom. The van der Waals surface area contributed by atoms with Gasteiger partial charge in [0.25, 0.3) is 0 Å². The number of benzene rings is 1. The average Bonchev–Trinajstić information content (AvgIpc) is 3.04. The highest BCUT2D eigenvalue weighted by Gasteiger charge is 2.29. The van der Waals surface area contributed by atoms with E-state index in [0.717, 1.165) is 12.8 Å². The molecule has 1 aromatic carbocycles. The lowest BCUT2D eigenvalue weighted by Gasteiger charge is -2.25. The Bertz CT molecular complexity index is 617. The number of rotatable bonds is 10. The van der Waals surface area contributed by atoms with Gasteiger partial charge < -0.3 is 9.84 Å². The standard InChI is InChI=1S/C17H25ClN4O2/c1-3-4-5-6-7-10-24-16-9-8-14(18)11-15(16)17(2,23)12-22-20-13-19-21-22/h8-9,11,13,23H,3-7,10,12H2,1-2H3. The van der Waals surface area contributed by atoms with Gasteiger partial charge in [-0.05, 0) is 36.8 Å². The molecular weight excluding hydrogens is 328 g/mol. The first-order valence-electron chi connectivity index (χ1n) is 8.39. The topological polar surface area (TPSA) is 73.1 Å². The van der Waals surface area contributed by atoms with Gasteiger partial charge in [0.1, 0.15) is 11.4 Å². The Morgan fingerprint density at radius 3 is 2.75 bits per heavy atom. The van der Waals surface area contributed by atoms with Crippen molar-refractivity contribution in [2.75, 3.05) is 6.61 Å². The summed E-state index contributed by atoms with van der Waals surface area (Å²) in [5.74, 6) is 0.639. The summed E-state index contributed by atoms with van der Waals surface area (Å²) in [4.78, 5) is 1.34. The lowest BCUT2D eigenvalue weighted by molar-refractivity contribution is 0.0269. The van der Waals surface area contributed by atoms with E-state index in [4.69, 9.17) is 16.3 Å². The third kappa shape index (κ3) is 5.46. The van der Waals surface area contributed by atoms with Gasteiger partial charge in [-0.3, -0.25) is 0 Å². The van der Waals surface area contributed by atoms with Crippen molar-refractivity contribution in [3.05, 3.63) is 35.1 Å². The Kier molecular flexibility index (Phi) is 6.99. The van der Waals surface area contributed by atoms with Crippen molar-refractivity contribution in [3.8, 4) is 5.75 Å². The molecule has 0 saturated heterocycles. The molecule has 2 aromatic rings. The molecule has 1 N–H and O–H groups in total. The van der Waals surface area contributed by atoms with Gasteiger partial charge >= 0.3 is 0 Å². The highest BCUT2D eigenvalue weighted by Crippen LogP contribution is 2.33. The SMILES string of the molecule is CCCCCCCOc1ccc(Cl)cc1C(C)(O)Cn1ncnn1. The van der Waals surface area contributed by atoms with Crippen LogP contribution in [-0.4, -0.2) is 31.9 Å². The Labute approximate surface area is 147 Å². The highest BCUT2D eigenvalue weighted by molar-refractivity contribution is 6.30. The third-order valence-corrected chi connectivity index (χ3v) is 4.10. The maximum atomic E-state index is 10.9. The van der Waals surface area contributed by atoms with Gasteiger partial charge in [-0.25, -0.2) is 0 Å². The molecule has 0 bridgehead atoms. The van der Waals surface area contributed by atoms with Gasteiger partial charge in [0.15, 0.2) is 6.33 Å². The van der Waals surface area contributed by atoms with Crippen LogP contribution in [0.5, 0.6) is 5.75 Å². The molecular formula is C17H25ClN4O2. The Balaban J connectivity index is 2.03. The van der Waals surface area contributed by atoms with Crippen molar-refractivity contribution in [2.45, 2.75) is 58.1 Å². The van der Waals surface area contributed by atoms with Gasteiger partial charge in [0.05, 0.1) is 13.2 Å². The fourth-order valence-corrected chi connectivity index (χ4v) is 2.73. The van der Waals surface area contributed by atoms with Gasteiger partial charge in [-0.1, -0.05) is 44.2 Å². The molecule has 1 atom stereocenters. The Hall–Kier alpha value is -1.66. The number of aromatic nitrogens is 4. The fraction of sp³-hybridized carbons (Fsp3) is 0.588. The second kappa shape index (κ2) is 8.99. The van der Waals surface area contributed by atoms with Crippen LogP contribution in [0.15, 0.2) is 24.5 Å². The molecule has 0 fully saturated rings. The second-order valence-electron chi connectivity index (χ2n) is 6.14. The minimum atomic E-state index is -1.22. The van der Waals surface area contributed by atoms with Crippen LogP contribution in [-0.2, 0) is 12.1 Å². The van der Waals surface area contributed by atoms with Crippen molar-refractivity contribution in [1.29, 1.82) is 0 Å². The minimum Gasteiger partial charge on any atom is -0.493 e. The molecule has 0 aliphatic carbocycles. The number of aliphatic hydroxyl groups is 1. The smallest absolute Gasteiger partial charge is 0.162 e. The van der Waals surface area contributed by atoms with Gasteiger partial charge in [-0.2, -0.15) is 4.80 Å². The summed E-state index contributed by atoms with van der Waals surface area (Å²) < 4.78 is 5.89. The predicted octanol–water partition coefficient (Wildman–Crippen LogP) is 3.58. The first kappa shape index (κ1) is 18.7. The number of hydrogen-bond acceptors (Lipinski definition) is 5. The van der Waals surface area contributed by atoms with E-state index >= 15 is 0 Å². The van der Waals surface area contributed by atoms with Crippen molar-refractivity contribution >= 4 is 11.6 Å². The monoisotopic (exact) mass is 352 g/mol. The second-order valence-corrected chi connectivity index (χ2v) is 6.58. The van der Waals surface area contributed by atoms with E-state index in [2.05, 4.69) is 22.3 Å². The molecule has 1 unspecified atom stereocenters. The van der Waals surface area contributed by atoms with E-state index in [1.165, 1.54) is 30.4 Å². The predicted molar refractivity (Wildman–Crippen MR) is 93.1 cm³/mol. The molecule has 0 amide bonds. The number of ether oxygens (including phenoxy) is 1. The summed E-state index contributed by atoms with van der Waals surface area (Å²) in [5.41, 5.74) is -0.593. The Morgan fingerprint density at radius 2 is 2.04 bits per heavy atom. The maximum Gasteiger partial charge on any atom is 0.162 e. The molecule has 0 spiro atoms. The zero-order valence-corrected chi connectivity index (χ0v) is 15.0. The van der Waals surface area contributed by atoms with E-state index in [1.807, 2.05) is 0 Å². The maximum absolute atomic E-state index is 10.9. The van der Waals surface area contributed by atoms with Crippen molar-refractivity contribution < 1.29 is 9.84 Å². The van der Waals surface area contributed by atoms with Gasteiger partial charge in [0.2, 0.25) is 0 Å². The molecule has 0 aliphatic heterocycles. The van der Waals surface area contributed by atoms with Crippen LogP contribution >= 0.6 is 11.6 Å². The lowest BCUT2D eigenvalue weighted by Crippen LogP contribution is -2.29. The summed E-state index contributed by atoms with van der Waals surface area (Å²) in [7, 11) is 0. The van der Waals surface area contributed by atoms with E-state index < -0.39 is 5.60 Å². The quantitative estimate of drug-likeness (QED) is 0.661. The fourth-order valence-electron chi connectivity index (χ4n) is 2.56. The van der Waals surface area contributed by atoms with Crippen LogP contribution in [0.1, 0.15) is 51.5 Å². The molecule has 0 aliphatic rings. The molecule has 0 saturated carbocycles. The van der Waals surface area contributed by atoms with Crippen molar-refractivity contribution in [1.82, 2.24) is 20.2 Å². The summed E-state index contributed by atoms with van der Waals surface area (Å²) in [6.07, 6.45) is 7.18. The van der Waals surface area contributed by atoms with E-state index in [9.17, 15) is 5.11 Å². The van der Waals surface area contributed by atoms with Crippen LogP contribution in [0.3, 0.4) is 0 Å². The number of hydrogen-bond donors (Lipinski definition) is 1. The number of unbranched alkanes of at least 4 members (excludes halogenated alkanes) is 4. The van der Waals surface area contributed by atoms with Crippen LogP contribution in [0.4, 0.5) is 0 Å². The van der Waals surface area contributed by atoms with E-state index in [1.54, 1.807) is 25.1 Å². The molecule has 24 heavy (non-hydrogen) atoms.